The molecule has 0 saturated carbocycles. The zero-order valence-corrected chi connectivity index (χ0v) is 21.1. The Bertz CT molecular complexity index is 1210. The lowest BCUT2D eigenvalue weighted by Crippen LogP contribution is -2.10. The number of hydrogen-bond donors (Lipinski definition) is 0. The smallest absolute Gasteiger partial charge is 0.164 e. The van der Waals surface area contributed by atoms with Crippen molar-refractivity contribution in [2.75, 3.05) is 0 Å². The first-order valence-electron chi connectivity index (χ1n) is 11.8. The molecule has 0 fully saturated rings. The summed E-state index contributed by atoms with van der Waals surface area (Å²) in [5.41, 5.74) is 6.72. The number of hydrogen-bond acceptors (Lipinski definition) is 3. The van der Waals surface area contributed by atoms with Gasteiger partial charge in [0.1, 0.15) is 0 Å². The van der Waals surface area contributed by atoms with Crippen molar-refractivity contribution in [3.63, 3.8) is 0 Å². The summed E-state index contributed by atoms with van der Waals surface area (Å²) >= 11 is 0. The van der Waals surface area contributed by atoms with Crippen molar-refractivity contribution in [1.29, 1.82) is 0 Å². The molecule has 3 heteroatoms. The van der Waals surface area contributed by atoms with Gasteiger partial charge < -0.3 is 0 Å². The minimum Gasteiger partial charge on any atom is -0.208 e. The standard InChI is InChI=1S/C31H33N3/c1-8-21-9-11-22(12-10-21)27-32-28(23-13-17-25(18-14-23)30(2,3)4)34-29(33-27)24-15-19-26(20-16-24)31(5,6)7/h8-20H,1H2,2-7H3. The van der Waals surface area contributed by atoms with Gasteiger partial charge in [0.25, 0.3) is 0 Å². The average Bonchev–Trinajstić information content (AvgIpc) is 2.83. The molecule has 0 saturated heterocycles. The van der Waals surface area contributed by atoms with Crippen molar-refractivity contribution in [3.8, 4) is 34.2 Å². The van der Waals surface area contributed by atoms with Crippen molar-refractivity contribution in [2.45, 2.75) is 52.4 Å². The average molecular weight is 448 g/mol. The predicted molar refractivity (Wildman–Crippen MR) is 144 cm³/mol. The molecule has 0 radical (unpaired) electrons. The van der Waals surface area contributed by atoms with Gasteiger partial charge in [-0.2, -0.15) is 0 Å². The minimum absolute atomic E-state index is 0.0929. The number of benzene rings is 3. The van der Waals surface area contributed by atoms with Crippen molar-refractivity contribution in [1.82, 2.24) is 15.0 Å². The topological polar surface area (TPSA) is 38.7 Å². The van der Waals surface area contributed by atoms with E-state index in [1.54, 1.807) is 0 Å². The third-order valence-corrected chi connectivity index (χ3v) is 6.06. The van der Waals surface area contributed by atoms with Gasteiger partial charge in [0, 0.05) is 16.7 Å². The number of nitrogens with zero attached hydrogens (tertiary/aromatic N) is 3. The van der Waals surface area contributed by atoms with E-state index in [4.69, 9.17) is 15.0 Å². The van der Waals surface area contributed by atoms with Gasteiger partial charge >= 0.3 is 0 Å². The van der Waals surface area contributed by atoms with Crippen molar-refractivity contribution < 1.29 is 0 Å². The van der Waals surface area contributed by atoms with E-state index in [0.29, 0.717) is 17.5 Å². The van der Waals surface area contributed by atoms with Crippen molar-refractivity contribution in [3.05, 3.63) is 96.1 Å². The highest BCUT2D eigenvalue weighted by Crippen LogP contribution is 2.29. The molecule has 4 aromatic rings. The maximum absolute atomic E-state index is 4.88. The molecule has 172 valence electrons. The highest BCUT2D eigenvalue weighted by atomic mass is 15.0. The van der Waals surface area contributed by atoms with E-state index in [0.717, 1.165) is 22.3 Å². The van der Waals surface area contributed by atoms with Crippen LogP contribution in [0.2, 0.25) is 0 Å². The maximum Gasteiger partial charge on any atom is 0.164 e. The van der Waals surface area contributed by atoms with E-state index in [9.17, 15) is 0 Å². The Morgan fingerprint density at radius 3 is 1.06 bits per heavy atom. The summed E-state index contributed by atoms with van der Waals surface area (Å²) in [6.45, 7) is 17.2. The molecule has 34 heavy (non-hydrogen) atoms. The first kappa shape index (κ1) is 23.6. The van der Waals surface area contributed by atoms with E-state index >= 15 is 0 Å². The molecule has 1 heterocycles. The van der Waals surface area contributed by atoms with Crippen LogP contribution in [-0.2, 0) is 10.8 Å². The molecule has 0 bridgehead atoms. The lowest BCUT2D eigenvalue weighted by molar-refractivity contribution is 0.590. The van der Waals surface area contributed by atoms with E-state index in [2.05, 4.69) is 96.7 Å². The van der Waals surface area contributed by atoms with Crippen molar-refractivity contribution >= 4 is 6.08 Å². The van der Waals surface area contributed by atoms with Crippen LogP contribution in [0.4, 0.5) is 0 Å². The van der Waals surface area contributed by atoms with Crippen LogP contribution in [0.15, 0.2) is 79.4 Å². The summed E-state index contributed by atoms with van der Waals surface area (Å²) in [6, 6.07) is 25.2. The second kappa shape index (κ2) is 8.98. The molecule has 0 N–H and O–H groups in total. The molecular weight excluding hydrogens is 414 g/mol. The second-order valence-electron chi connectivity index (χ2n) is 10.8. The SMILES string of the molecule is C=Cc1ccc(-c2nc(-c3ccc(C(C)(C)C)cc3)nc(-c3ccc(C(C)(C)C)cc3)n2)cc1. The molecule has 0 amide bonds. The van der Waals surface area contributed by atoms with Crippen LogP contribution in [-0.4, -0.2) is 15.0 Å². The van der Waals surface area contributed by atoms with Crippen LogP contribution in [0, 0.1) is 0 Å². The summed E-state index contributed by atoms with van der Waals surface area (Å²) in [7, 11) is 0. The Hall–Kier alpha value is -3.59. The molecule has 3 nitrogen and oxygen atoms in total. The van der Waals surface area contributed by atoms with E-state index < -0.39 is 0 Å². The van der Waals surface area contributed by atoms with Gasteiger partial charge in [-0.15, -0.1) is 0 Å². The highest BCUT2D eigenvalue weighted by Gasteiger charge is 2.17. The third-order valence-electron chi connectivity index (χ3n) is 6.06. The van der Waals surface area contributed by atoms with Crippen LogP contribution < -0.4 is 0 Å². The highest BCUT2D eigenvalue weighted by molar-refractivity contribution is 5.67. The van der Waals surface area contributed by atoms with Crippen LogP contribution in [0.5, 0.6) is 0 Å². The quantitative estimate of drug-likeness (QED) is 0.317. The first-order valence-corrected chi connectivity index (χ1v) is 11.8. The monoisotopic (exact) mass is 447 g/mol. The molecular formula is C31H33N3. The Morgan fingerprint density at radius 1 is 0.500 bits per heavy atom. The Kier molecular flexibility index (Phi) is 6.22. The molecule has 0 aliphatic carbocycles. The third kappa shape index (κ3) is 5.14. The van der Waals surface area contributed by atoms with Gasteiger partial charge in [-0.25, -0.2) is 15.0 Å². The van der Waals surface area contributed by atoms with Gasteiger partial charge in [-0.1, -0.05) is 127 Å². The van der Waals surface area contributed by atoms with E-state index in [1.165, 1.54) is 11.1 Å². The normalized spacial score (nSPS) is 11.9. The molecule has 0 spiro atoms. The largest absolute Gasteiger partial charge is 0.208 e. The Balaban J connectivity index is 1.83. The van der Waals surface area contributed by atoms with Gasteiger partial charge in [0.05, 0.1) is 0 Å². The second-order valence-corrected chi connectivity index (χ2v) is 10.8. The van der Waals surface area contributed by atoms with Gasteiger partial charge in [-0.3, -0.25) is 0 Å². The lowest BCUT2D eigenvalue weighted by Gasteiger charge is -2.19. The fraction of sp³-hybridized carbons (Fsp3) is 0.258. The number of aromatic nitrogens is 3. The molecule has 3 aromatic carbocycles. The van der Waals surface area contributed by atoms with Crippen LogP contribution in [0.25, 0.3) is 40.2 Å². The molecule has 4 rings (SSSR count). The molecule has 0 aliphatic heterocycles. The van der Waals surface area contributed by atoms with Crippen molar-refractivity contribution in [2.24, 2.45) is 0 Å². The van der Waals surface area contributed by atoms with Crippen LogP contribution in [0.3, 0.4) is 0 Å². The number of rotatable bonds is 4. The fourth-order valence-corrected chi connectivity index (χ4v) is 3.77. The summed E-state index contributed by atoms with van der Waals surface area (Å²) in [4.78, 5) is 14.6. The lowest BCUT2D eigenvalue weighted by atomic mass is 9.86. The summed E-state index contributed by atoms with van der Waals surface area (Å²) in [6.07, 6.45) is 1.83. The Morgan fingerprint density at radius 2 is 0.794 bits per heavy atom. The molecule has 0 unspecified atom stereocenters. The van der Waals surface area contributed by atoms with E-state index in [1.807, 2.05) is 30.3 Å². The first-order chi connectivity index (χ1) is 16.0. The summed E-state index contributed by atoms with van der Waals surface area (Å²) < 4.78 is 0. The van der Waals surface area contributed by atoms with Crippen LogP contribution in [0.1, 0.15) is 58.2 Å². The zero-order valence-electron chi connectivity index (χ0n) is 21.1. The molecule has 0 atom stereocenters. The Labute approximate surface area is 203 Å². The zero-order chi connectivity index (χ0) is 24.5. The predicted octanol–water partition coefficient (Wildman–Crippen LogP) is 8.11. The maximum atomic E-state index is 4.88. The fourth-order valence-electron chi connectivity index (χ4n) is 3.77. The van der Waals surface area contributed by atoms with Crippen LogP contribution >= 0.6 is 0 Å². The summed E-state index contributed by atoms with van der Waals surface area (Å²) in [5.74, 6) is 2.01. The van der Waals surface area contributed by atoms with Gasteiger partial charge in [-0.05, 0) is 27.5 Å². The van der Waals surface area contributed by atoms with Gasteiger partial charge in [0.2, 0.25) is 0 Å². The van der Waals surface area contributed by atoms with Gasteiger partial charge in [0.15, 0.2) is 17.5 Å². The summed E-state index contributed by atoms with van der Waals surface area (Å²) in [5, 5.41) is 0. The molecule has 0 aliphatic rings. The molecule has 1 aromatic heterocycles. The van der Waals surface area contributed by atoms with E-state index in [-0.39, 0.29) is 10.8 Å². The minimum atomic E-state index is 0.0929.